The molecule has 1 unspecified atom stereocenters. The molecule has 0 bridgehead atoms. The van der Waals surface area contributed by atoms with Crippen LogP contribution >= 0.6 is 0 Å². The first kappa shape index (κ1) is 10.0. The molecule has 1 heterocycles. The van der Waals surface area contributed by atoms with Crippen LogP contribution in [0.4, 0.5) is 0 Å². The summed E-state index contributed by atoms with van der Waals surface area (Å²) in [7, 11) is 0. The fourth-order valence-corrected chi connectivity index (χ4v) is 2.00. The normalized spacial score (nSPS) is 28.2. The van der Waals surface area contributed by atoms with Crippen LogP contribution in [0.2, 0.25) is 0 Å². The summed E-state index contributed by atoms with van der Waals surface area (Å²) in [5, 5.41) is 9.34. The highest BCUT2D eigenvalue weighted by molar-refractivity contribution is 4.79. The minimum atomic E-state index is -0.0698. The second-order valence-electron chi connectivity index (χ2n) is 4.42. The number of rotatable bonds is 3. The minimum Gasteiger partial charge on any atom is -0.392 e. The smallest absolute Gasteiger partial charge is 0.0679 e. The Balaban J connectivity index is 2.28. The van der Waals surface area contributed by atoms with Crippen LogP contribution in [0.15, 0.2) is 0 Å². The number of aliphatic hydroxyl groups excluding tert-OH is 1. The van der Waals surface area contributed by atoms with Gasteiger partial charge in [0.25, 0.3) is 0 Å². The topological polar surface area (TPSA) is 23.5 Å². The van der Waals surface area contributed by atoms with Gasteiger partial charge in [-0.15, -0.1) is 0 Å². The lowest BCUT2D eigenvalue weighted by atomic mass is 10.0. The minimum absolute atomic E-state index is 0.0698. The summed E-state index contributed by atoms with van der Waals surface area (Å²) in [6.07, 6.45) is 2.13. The number of hydrogen-bond donors (Lipinski definition) is 1. The molecular weight excluding hydrogens is 150 g/mol. The predicted molar refractivity (Wildman–Crippen MR) is 51.1 cm³/mol. The van der Waals surface area contributed by atoms with Crippen LogP contribution in [-0.2, 0) is 0 Å². The van der Waals surface area contributed by atoms with Gasteiger partial charge in [0.1, 0.15) is 0 Å². The van der Waals surface area contributed by atoms with Crippen molar-refractivity contribution >= 4 is 0 Å². The van der Waals surface area contributed by atoms with E-state index in [1.165, 1.54) is 6.42 Å². The van der Waals surface area contributed by atoms with E-state index in [9.17, 15) is 5.11 Å². The molecule has 72 valence electrons. The zero-order chi connectivity index (χ0) is 9.14. The van der Waals surface area contributed by atoms with Crippen molar-refractivity contribution in [2.24, 2.45) is 5.92 Å². The second-order valence-corrected chi connectivity index (χ2v) is 4.42. The molecule has 1 rings (SSSR count). The van der Waals surface area contributed by atoms with Gasteiger partial charge in [0.05, 0.1) is 6.10 Å². The average Bonchev–Trinajstić information content (AvgIpc) is 2.34. The van der Waals surface area contributed by atoms with E-state index in [0.717, 1.165) is 25.4 Å². The molecule has 0 aliphatic carbocycles. The van der Waals surface area contributed by atoms with Crippen LogP contribution in [0.1, 0.15) is 33.6 Å². The van der Waals surface area contributed by atoms with E-state index in [2.05, 4.69) is 25.7 Å². The number of nitrogens with zero attached hydrogens (tertiary/aromatic N) is 1. The lowest BCUT2D eigenvalue weighted by Gasteiger charge is -2.25. The summed E-state index contributed by atoms with van der Waals surface area (Å²) in [6.45, 7) is 8.73. The molecule has 0 aromatic carbocycles. The zero-order valence-corrected chi connectivity index (χ0v) is 8.45. The Labute approximate surface area is 75.6 Å². The van der Waals surface area contributed by atoms with Gasteiger partial charge in [-0.05, 0) is 25.7 Å². The van der Waals surface area contributed by atoms with E-state index in [4.69, 9.17) is 0 Å². The molecule has 0 radical (unpaired) electrons. The number of β-amino-alcohol motifs (C(OH)–C–C–N with tert-alkyl or cyclic N) is 1. The first-order valence-corrected chi connectivity index (χ1v) is 5.01. The SMILES string of the molecule is CC(C)CC(C)N1CC[C@@H](O)C1. The second kappa shape index (κ2) is 4.24. The van der Waals surface area contributed by atoms with Crippen molar-refractivity contribution in [3.05, 3.63) is 0 Å². The number of aliphatic hydroxyl groups is 1. The molecule has 2 nitrogen and oxygen atoms in total. The molecule has 0 saturated carbocycles. The maximum Gasteiger partial charge on any atom is 0.0679 e. The molecule has 1 aliphatic heterocycles. The molecule has 0 amide bonds. The Bertz CT molecular complexity index is 136. The highest BCUT2D eigenvalue weighted by Gasteiger charge is 2.24. The van der Waals surface area contributed by atoms with Crippen LogP contribution in [-0.4, -0.2) is 35.2 Å². The van der Waals surface area contributed by atoms with Crippen LogP contribution in [0, 0.1) is 5.92 Å². The van der Waals surface area contributed by atoms with Crippen molar-refractivity contribution in [1.29, 1.82) is 0 Å². The molecule has 1 saturated heterocycles. The predicted octanol–water partition coefficient (Wildman–Crippen LogP) is 1.49. The summed E-state index contributed by atoms with van der Waals surface area (Å²) >= 11 is 0. The molecule has 2 atom stereocenters. The van der Waals surface area contributed by atoms with Gasteiger partial charge in [-0.3, -0.25) is 4.90 Å². The van der Waals surface area contributed by atoms with E-state index in [1.54, 1.807) is 0 Å². The van der Waals surface area contributed by atoms with Crippen molar-refractivity contribution in [3.8, 4) is 0 Å². The zero-order valence-electron chi connectivity index (χ0n) is 8.45. The third-order valence-electron chi connectivity index (χ3n) is 2.63. The molecule has 2 heteroatoms. The Hall–Kier alpha value is -0.0800. The van der Waals surface area contributed by atoms with Crippen molar-refractivity contribution in [2.75, 3.05) is 13.1 Å². The standard InChI is InChI=1S/C10H21NO/c1-8(2)6-9(3)11-5-4-10(12)7-11/h8-10,12H,4-7H2,1-3H3/t9?,10-/m1/s1. The molecule has 1 fully saturated rings. The summed E-state index contributed by atoms with van der Waals surface area (Å²) in [5.41, 5.74) is 0. The summed E-state index contributed by atoms with van der Waals surface area (Å²) in [4.78, 5) is 2.39. The van der Waals surface area contributed by atoms with Crippen molar-refractivity contribution < 1.29 is 5.11 Å². The van der Waals surface area contributed by atoms with Gasteiger partial charge >= 0.3 is 0 Å². The van der Waals surface area contributed by atoms with Gasteiger partial charge in [0, 0.05) is 19.1 Å². The third kappa shape index (κ3) is 2.76. The third-order valence-corrected chi connectivity index (χ3v) is 2.63. The fourth-order valence-electron chi connectivity index (χ4n) is 2.00. The summed E-state index contributed by atoms with van der Waals surface area (Å²) < 4.78 is 0. The molecule has 12 heavy (non-hydrogen) atoms. The monoisotopic (exact) mass is 171 g/mol. The Morgan fingerprint density at radius 2 is 2.08 bits per heavy atom. The maximum atomic E-state index is 9.34. The molecule has 0 aromatic rings. The van der Waals surface area contributed by atoms with Crippen molar-refractivity contribution in [2.45, 2.75) is 45.8 Å². The lowest BCUT2D eigenvalue weighted by Crippen LogP contribution is -2.32. The molecule has 0 aromatic heterocycles. The fraction of sp³-hybridized carbons (Fsp3) is 1.00. The van der Waals surface area contributed by atoms with Crippen LogP contribution in [0.25, 0.3) is 0 Å². The van der Waals surface area contributed by atoms with E-state index in [0.29, 0.717) is 6.04 Å². The molecular formula is C10H21NO. The molecule has 1 aliphatic rings. The van der Waals surface area contributed by atoms with Crippen LogP contribution < -0.4 is 0 Å². The van der Waals surface area contributed by atoms with Crippen LogP contribution in [0.5, 0.6) is 0 Å². The van der Waals surface area contributed by atoms with Crippen LogP contribution in [0.3, 0.4) is 0 Å². The quantitative estimate of drug-likeness (QED) is 0.695. The van der Waals surface area contributed by atoms with E-state index < -0.39 is 0 Å². The highest BCUT2D eigenvalue weighted by Crippen LogP contribution is 2.17. The summed E-state index contributed by atoms with van der Waals surface area (Å²) in [6, 6.07) is 0.641. The van der Waals surface area contributed by atoms with Crippen molar-refractivity contribution in [1.82, 2.24) is 4.90 Å². The Morgan fingerprint density at radius 1 is 1.42 bits per heavy atom. The van der Waals surface area contributed by atoms with E-state index >= 15 is 0 Å². The number of hydrogen-bond acceptors (Lipinski definition) is 2. The van der Waals surface area contributed by atoms with Crippen molar-refractivity contribution in [3.63, 3.8) is 0 Å². The van der Waals surface area contributed by atoms with Gasteiger partial charge in [-0.1, -0.05) is 13.8 Å². The van der Waals surface area contributed by atoms with E-state index in [1.807, 2.05) is 0 Å². The Kier molecular flexibility index (Phi) is 3.53. The van der Waals surface area contributed by atoms with Gasteiger partial charge in [-0.2, -0.15) is 0 Å². The molecule has 0 spiro atoms. The van der Waals surface area contributed by atoms with E-state index in [-0.39, 0.29) is 6.10 Å². The highest BCUT2D eigenvalue weighted by atomic mass is 16.3. The maximum absolute atomic E-state index is 9.34. The van der Waals surface area contributed by atoms with Gasteiger partial charge in [0.15, 0.2) is 0 Å². The van der Waals surface area contributed by atoms with Gasteiger partial charge in [0.2, 0.25) is 0 Å². The molecule has 1 N–H and O–H groups in total. The average molecular weight is 171 g/mol. The lowest BCUT2D eigenvalue weighted by molar-refractivity contribution is 0.156. The largest absolute Gasteiger partial charge is 0.392 e. The van der Waals surface area contributed by atoms with Gasteiger partial charge in [-0.25, -0.2) is 0 Å². The first-order chi connectivity index (χ1) is 5.59. The Morgan fingerprint density at radius 3 is 2.50 bits per heavy atom. The summed E-state index contributed by atoms with van der Waals surface area (Å²) in [5.74, 6) is 0.762. The van der Waals surface area contributed by atoms with Gasteiger partial charge < -0.3 is 5.11 Å². The number of likely N-dealkylation sites (tertiary alicyclic amines) is 1. The first-order valence-electron chi connectivity index (χ1n) is 5.01.